The Morgan fingerprint density at radius 2 is 2.33 bits per heavy atom. The van der Waals surface area contributed by atoms with Gasteiger partial charge in [0.25, 0.3) is 5.91 Å². The number of hydrogen-bond donors (Lipinski definition) is 1. The number of aryl methyl sites for hydroxylation is 1. The zero-order valence-electron chi connectivity index (χ0n) is 10.9. The van der Waals surface area contributed by atoms with E-state index in [1.165, 1.54) is 0 Å². The maximum atomic E-state index is 12.4. The van der Waals surface area contributed by atoms with Crippen LogP contribution in [-0.4, -0.2) is 37.5 Å². The molecule has 0 saturated carbocycles. The number of amides is 1. The first kappa shape index (κ1) is 13.6. The van der Waals surface area contributed by atoms with Gasteiger partial charge in [-0.25, -0.2) is 0 Å². The SMILES string of the molecule is Cc1cc(Br)ccc1C(=O)N(C)C[C@@H]1CCNC1. The van der Waals surface area contributed by atoms with Gasteiger partial charge in [-0.05, 0) is 56.1 Å². The number of nitrogens with one attached hydrogen (secondary N) is 1. The second-order valence-electron chi connectivity index (χ2n) is 5.00. The van der Waals surface area contributed by atoms with E-state index in [0.717, 1.165) is 41.7 Å². The summed E-state index contributed by atoms with van der Waals surface area (Å²) in [6.07, 6.45) is 1.16. The predicted octanol–water partition coefficient (Wildman–Crippen LogP) is 2.44. The molecule has 18 heavy (non-hydrogen) atoms. The molecule has 98 valence electrons. The maximum absolute atomic E-state index is 12.4. The number of carbonyl (C=O) groups is 1. The van der Waals surface area contributed by atoms with E-state index < -0.39 is 0 Å². The van der Waals surface area contributed by atoms with E-state index >= 15 is 0 Å². The first-order valence-electron chi connectivity index (χ1n) is 6.30. The molecule has 1 aliphatic heterocycles. The zero-order valence-corrected chi connectivity index (χ0v) is 12.5. The highest BCUT2D eigenvalue weighted by Gasteiger charge is 2.20. The first-order chi connectivity index (χ1) is 8.58. The molecule has 4 heteroatoms. The van der Waals surface area contributed by atoms with Crippen LogP contribution in [-0.2, 0) is 0 Å². The molecule has 1 heterocycles. The molecule has 1 saturated heterocycles. The summed E-state index contributed by atoms with van der Waals surface area (Å²) < 4.78 is 1.01. The molecule has 0 radical (unpaired) electrons. The highest BCUT2D eigenvalue weighted by Crippen LogP contribution is 2.18. The van der Waals surface area contributed by atoms with E-state index in [4.69, 9.17) is 0 Å². The Balaban J connectivity index is 2.05. The molecule has 1 atom stereocenters. The van der Waals surface area contributed by atoms with Crippen molar-refractivity contribution in [2.75, 3.05) is 26.7 Å². The normalized spacial score (nSPS) is 18.9. The average Bonchev–Trinajstić information content (AvgIpc) is 2.81. The molecule has 1 fully saturated rings. The van der Waals surface area contributed by atoms with Crippen LogP contribution in [0.1, 0.15) is 22.3 Å². The Hall–Kier alpha value is -0.870. The third-order valence-corrected chi connectivity index (χ3v) is 3.95. The van der Waals surface area contributed by atoms with Crippen molar-refractivity contribution in [2.45, 2.75) is 13.3 Å². The Bertz CT molecular complexity index is 441. The molecule has 0 aliphatic carbocycles. The van der Waals surface area contributed by atoms with Crippen LogP contribution < -0.4 is 5.32 Å². The van der Waals surface area contributed by atoms with Crippen LogP contribution in [0.25, 0.3) is 0 Å². The summed E-state index contributed by atoms with van der Waals surface area (Å²) >= 11 is 3.42. The second-order valence-corrected chi connectivity index (χ2v) is 5.92. The summed E-state index contributed by atoms with van der Waals surface area (Å²) in [7, 11) is 1.89. The smallest absolute Gasteiger partial charge is 0.253 e. The summed E-state index contributed by atoms with van der Waals surface area (Å²) in [6, 6.07) is 5.80. The van der Waals surface area contributed by atoms with E-state index in [1.54, 1.807) is 0 Å². The van der Waals surface area contributed by atoms with Gasteiger partial charge in [-0.15, -0.1) is 0 Å². The number of nitrogens with zero attached hydrogens (tertiary/aromatic N) is 1. The van der Waals surface area contributed by atoms with E-state index in [9.17, 15) is 4.79 Å². The summed E-state index contributed by atoms with van der Waals surface area (Å²) in [5, 5.41) is 3.33. The highest BCUT2D eigenvalue weighted by atomic mass is 79.9. The number of rotatable bonds is 3. The lowest BCUT2D eigenvalue weighted by Crippen LogP contribution is -2.33. The third kappa shape index (κ3) is 3.12. The van der Waals surface area contributed by atoms with Crippen molar-refractivity contribution in [2.24, 2.45) is 5.92 Å². The fourth-order valence-electron chi connectivity index (χ4n) is 2.41. The van der Waals surface area contributed by atoms with Gasteiger partial charge in [0, 0.05) is 23.6 Å². The Morgan fingerprint density at radius 1 is 1.56 bits per heavy atom. The topological polar surface area (TPSA) is 32.3 Å². The summed E-state index contributed by atoms with van der Waals surface area (Å²) in [4.78, 5) is 14.2. The fourth-order valence-corrected chi connectivity index (χ4v) is 2.89. The van der Waals surface area contributed by atoms with Gasteiger partial charge in [-0.1, -0.05) is 15.9 Å². The molecule has 1 aromatic rings. The van der Waals surface area contributed by atoms with Crippen molar-refractivity contribution in [3.8, 4) is 0 Å². The Kier molecular flexibility index (Phi) is 4.40. The van der Waals surface area contributed by atoms with Crippen LogP contribution >= 0.6 is 15.9 Å². The Morgan fingerprint density at radius 3 is 2.94 bits per heavy atom. The molecular formula is C14H19BrN2O. The van der Waals surface area contributed by atoms with Gasteiger partial charge in [0.15, 0.2) is 0 Å². The summed E-state index contributed by atoms with van der Waals surface area (Å²) in [5.41, 5.74) is 1.82. The number of benzene rings is 1. The molecule has 1 aliphatic rings. The molecule has 1 amide bonds. The molecule has 0 unspecified atom stereocenters. The quantitative estimate of drug-likeness (QED) is 0.930. The van der Waals surface area contributed by atoms with Crippen LogP contribution in [0, 0.1) is 12.8 Å². The number of carbonyl (C=O) groups excluding carboxylic acids is 1. The van der Waals surface area contributed by atoms with Gasteiger partial charge >= 0.3 is 0 Å². The first-order valence-corrected chi connectivity index (χ1v) is 7.09. The maximum Gasteiger partial charge on any atom is 0.253 e. The van der Waals surface area contributed by atoms with Crippen LogP contribution in [0.2, 0.25) is 0 Å². The van der Waals surface area contributed by atoms with E-state index in [1.807, 2.05) is 37.1 Å². The van der Waals surface area contributed by atoms with Crippen molar-refractivity contribution < 1.29 is 4.79 Å². The fraction of sp³-hybridized carbons (Fsp3) is 0.500. The van der Waals surface area contributed by atoms with Gasteiger partial charge < -0.3 is 10.2 Å². The summed E-state index contributed by atoms with van der Waals surface area (Å²) in [5.74, 6) is 0.710. The lowest BCUT2D eigenvalue weighted by atomic mass is 10.1. The second kappa shape index (κ2) is 5.85. The molecule has 0 spiro atoms. The molecule has 0 bridgehead atoms. The van der Waals surface area contributed by atoms with Crippen molar-refractivity contribution in [1.29, 1.82) is 0 Å². The molecule has 1 N–H and O–H groups in total. The zero-order chi connectivity index (χ0) is 13.1. The average molecular weight is 311 g/mol. The van der Waals surface area contributed by atoms with Crippen LogP contribution in [0.5, 0.6) is 0 Å². The highest BCUT2D eigenvalue weighted by molar-refractivity contribution is 9.10. The van der Waals surface area contributed by atoms with Crippen molar-refractivity contribution >= 4 is 21.8 Å². The lowest BCUT2D eigenvalue weighted by molar-refractivity contribution is 0.0775. The Labute approximate surface area is 117 Å². The molecule has 1 aromatic carbocycles. The summed E-state index contributed by atoms with van der Waals surface area (Å²) in [6.45, 7) is 4.91. The standard InChI is InChI=1S/C14H19BrN2O/c1-10-7-12(15)3-4-13(10)14(18)17(2)9-11-5-6-16-8-11/h3-4,7,11,16H,5-6,8-9H2,1-2H3/t11-/m1/s1. The lowest BCUT2D eigenvalue weighted by Gasteiger charge is -2.21. The van der Waals surface area contributed by atoms with E-state index in [0.29, 0.717) is 5.92 Å². The van der Waals surface area contributed by atoms with Gasteiger partial charge in [-0.2, -0.15) is 0 Å². The van der Waals surface area contributed by atoms with Crippen LogP contribution in [0.15, 0.2) is 22.7 Å². The van der Waals surface area contributed by atoms with Gasteiger partial charge in [0.05, 0.1) is 0 Å². The van der Waals surface area contributed by atoms with Crippen molar-refractivity contribution in [3.63, 3.8) is 0 Å². The molecular weight excluding hydrogens is 292 g/mol. The molecule has 2 rings (SSSR count). The number of halogens is 1. The van der Waals surface area contributed by atoms with Gasteiger partial charge in [0.1, 0.15) is 0 Å². The third-order valence-electron chi connectivity index (χ3n) is 3.46. The number of hydrogen-bond acceptors (Lipinski definition) is 2. The van der Waals surface area contributed by atoms with Crippen molar-refractivity contribution in [3.05, 3.63) is 33.8 Å². The minimum Gasteiger partial charge on any atom is -0.341 e. The van der Waals surface area contributed by atoms with Gasteiger partial charge in [-0.3, -0.25) is 4.79 Å². The molecule has 0 aromatic heterocycles. The van der Waals surface area contributed by atoms with Crippen LogP contribution in [0.4, 0.5) is 0 Å². The largest absolute Gasteiger partial charge is 0.341 e. The van der Waals surface area contributed by atoms with E-state index in [-0.39, 0.29) is 5.91 Å². The minimum absolute atomic E-state index is 0.118. The minimum atomic E-state index is 0.118. The predicted molar refractivity (Wildman–Crippen MR) is 76.8 cm³/mol. The molecule has 3 nitrogen and oxygen atoms in total. The van der Waals surface area contributed by atoms with E-state index in [2.05, 4.69) is 21.2 Å². The van der Waals surface area contributed by atoms with Crippen molar-refractivity contribution in [1.82, 2.24) is 10.2 Å². The van der Waals surface area contributed by atoms with Crippen LogP contribution in [0.3, 0.4) is 0 Å². The monoisotopic (exact) mass is 310 g/mol. The van der Waals surface area contributed by atoms with Gasteiger partial charge in [0.2, 0.25) is 0 Å².